The van der Waals surface area contributed by atoms with Gasteiger partial charge in [-0.1, -0.05) is 6.07 Å². The average molecular weight is 294 g/mol. The van der Waals surface area contributed by atoms with Gasteiger partial charge in [-0.05, 0) is 25.3 Å². The van der Waals surface area contributed by atoms with E-state index in [2.05, 4.69) is 5.32 Å². The zero-order chi connectivity index (χ0) is 15.6. The minimum Gasteiger partial charge on any atom is -0.490 e. The maximum atomic E-state index is 12.2. The van der Waals surface area contributed by atoms with E-state index in [0.717, 1.165) is 0 Å². The van der Waals surface area contributed by atoms with Crippen LogP contribution >= 0.6 is 0 Å². The molecule has 2 rings (SSSR count). The van der Waals surface area contributed by atoms with Crippen molar-refractivity contribution < 1.29 is 24.4 Å². The lowest BCUT2D eigenvalue weighted by Crippen LogP contribution is -2.59. The zero-order valence-corrected chi connectivity index (χ0v) is 11.3. The van der Waals surface area contributed by atoms with Crippen molar-refractivity contribution in [2.75, 3.05) is 7.11 Å². The Bertz CT molecular complexity index is 609. The van der Waals surface area contributed by atoms with Crippen molar-refractivity contribution in [1.82, 2.24) is 5.32 Å². The number of carbonyl (C=O) groups excluding carboxylic acids is 1. The highest BCUT2D eigenvalue weighted by Gasteiger charge is 2.46. The number of hydrogen-bond donors (Lipinski definition) is 2. The van der Waals surface area contributed by atoms with E-state index in [1.165, 1.54) is 25.3 Å². The van der Waals surface area contributed by atoms with Crippen LogP contribution in [0.1, 0.15) is 29.6 Å². The maximum absolute atomic E-state index is 12.2. The summed E-state index contributed by atoms with van der Waals surface area (Å²) in [6.45, 7) is 0. The van der Waals surface area contributed by atoms with Gasteiger partial charge in [0.1, 0.15) is 5.54 Å². The van der Waals surface area contributed by atoms with Crippen molar-refractivity contribution in [2.24, 2.45) is 0 Å². The zero-order valence-electron chi connectivity index (χ0n) is 11.3. The number of nitrogens with zero attached hydrogens (tertiary/aromatic N) is 1. The normalized spacial score (nSPS) is 15.7. The van der Waals surface area contributed by atoms with Crippen LogP contribution in [-0.4, -0.2) is 34.6 Å². The number of nitrogens with one attached hydrogen (secondary N) is 1. The van der Waals surface area contributed by atoms with Gasteiger partial charge in [0.15, 0.2) is 0 Å². The van der Waals surface area contributed by atoms with Crippen LogP contribution in [0.2, 0.25) is 0 Å². The first-order valence-electron chi connectivity index (χ1n) is 6.28. The number of rotatable bonds is 5. The lowest BCUT2D eigenvalue weighted by molar-refractivity contribution is -0.385. The summed E-state index contributed by atoms with van der Waals surface area (Å²) in [6.07, 6.45) is 1.38. The van der Waals surface area contributed by atoms with Crippen LogP contribution in [0.4, 0.5) is 5.69 Å². The monoisotopic (exact) mass is 294 g/mol. The Labute approximate surface area is 119 Å². The molecule has 1 saturated carbocycles. The van der Waals surface area contributed by atoms with Gasteiger partial charge in [0, 0.05) is 6.07 Å². The van der Waals surface area contributed by atoms with Gasteiger partial charge in [-0.3, -0.25) is 14.9 Å². The lowest BCUT2D eigenvalue weighted by Gasteiger charge is -2.38. The molecule has 1 aliphatic carbocycles. The number of amides is 1. The summed E-state index contributed by atoms with van der Waals surface area (Å²) in [5.41, 5.74) is -1.69. The molecule has 1 aromatic carbocycles. The minimum absolute atomic E-state index is 0.0563. The molecule has 0 aromatic heterocycles. The molecule has 1 amide bonds. The number of carboxylic acid groups (broad SMARTS) is 1. The molecule has 21 heavy (non-hydrogen) atoms. The van der Waals surface area contributed by atoms with E-state index in [1.807, 2.05) is 0 Å². The van der Waals surface area contributed by atoms with Crippen LogP contribution in [-0.2, 0) is 4.79 Å². The number of benzene rings is 1. The van der Waals surface area contributed by atoms with Gasteiger partial charge in [-0.2, -0.15) is 0 Å². The van der Waals surface area contributed by atoms with Gasteiger partial charge < -0.3 is 15.2 Å². The Balaban J connectivity index is 2.33. The topological polar surface area (TPSA) is 119 Å². The number of aliphatic carboxylic acids is 1. The van der Waals surface area contributed by atoms with Gasteiger partial charge in [0.2, 0.25) is 5.75 Å². The Kier molecular flexibility index (Phi) is 3.79. The predicted molar refractivity (Wildman–Crippen MR) is 71.3 cm³/mol. The number of nitro benzene ring substituents is 1. The average Bonchev–Trinajstić information content (AvgIpc) is 2.40. The van der Waals surface area contributed by atoms with E-state index in [-0.39, 0.29) is 17.0 Å². The molecule has 0 spiro atoms. The highest BCUT2D eigenvalue weighted by molar-refractivity contribution is 6.01. The van der Waals surface area contributed by atoms with E-state index in [4.69, 9.17) is 4.74 Å². The SMILES string of the molecule is COc1c(C(=O)NC2(C(=O)O)CCC2)cccc1[N+](=O)[O-]. The van der Waals surface area contributed by atoms with Crippen LogP contribution in [0, 0.1) is 10.1 Å². The van der Waals surface area contributed by atoms with Crippen LogP contribution < -0.4 is 10.1 Å². The van der Waals surface area contributed by atoms with Crippen molar-refractivity contribution in [2.45, 2.75) is 24.8 Å². The molecule has 0 saturated heterocycles. The summed E-state index contributed by atoms with van der Waals surface area (Å²) in [5.74, 6) is -1.98. The lowest BCUT2D eigenvalue weighted by atomic mass is 9.76. The molecule has 1 aliphatic rings. The predicted octanol–water partition coefficient (Wildman–Crippen LogP) is 1.34. The third-order valence-corrected chi connectivity index (χ3v) is 3.61. The smallest absolute Gasteiger partial charge is 0.329 e. The standard InChI is InChI=1S/C13H14N2O6/c1-21-10-8(4-2-5-9(10)15(19)20)11(16)14-13(12(17)18)6-3-7-13/h2,4-5H,3,6-7H2,1H3,(H,14,16)(H,17,18). The molecule has 0 atom stereocenters. The number of nitro groups is 1. The van der Waals surface area contributed by atoms with Gasteiger partial charge >= 0.3 is 11.7 Å². The summed E-state index contributed by atoms with van der Waals surface area (Å²) in [5, 5.41) is 22.6. The quantitative estimate of drug-likeness (QED) is 0.624. The molecule has 0 heterocycles. The fraction of sp³-hybridized carbons (Fsp3) is 0.385. The fourth-order valence-electron chi connectivity index (χ4n) is 2.27. The summed E-state index contributed by atoms with van der Waals surface area (Å²) < 4.78 is 4.94. The largest absolute Gasteiger partial charge is 0.490 e. The van der Waals surface area contributed by atoms with E-state index in [0.29, 0.717) is 19.3 Å². The van der Waals surface area contributed by atoms with E-state index >= 15 is 0 Å². The van der Waals surface area contributed by atoms with Gasteiger partial charge in [-0.25, -0.2) is 4.79 Å². The molecule has 0 unspecified atom stereocenters. The first-order valence-corrected chi connectivity index (χ1v) is 6.28. The first kappa shape index (κ1) is 14.8. The Morgan fingerprint density at radius 2 is 2.10 bits per heavy atom. The van der Waals surface area contributed by atoms with Crippen LogP contribution in [0.5, 0.6) is 5.75 Å². The third kappa shape index (κ3) is 2.51. The second-order valence-corrected chi connectivity index (χ2v) is 4.81. The molecular weight excluding hydrogens is 280 g/mol. The van der Waals surface area contributed by atoms with Crippen LogP contribution in [0.25, 0.3) is 0 Å². The van der Waals surface area contributed by atoms with Crippen LogP contribution in [0.15, 0.2) is 18.2 Å². The summed E-state index contributed by atoms with van der Waals surface area (Å²) in [4.78, 5) is 33.7. The van der Waals surface area contributed by atoms with Gasteiger partial charge in [0.05, 0.1) is 17.6 Å². The first-order chi connectivity index (χ1) is 9.91. The highest BCUT2D eigenvalue weighted by Crippen LogP contribution is 2.34. The van der Waals surface area contributed by atoms with Crippen molar-refractivity contribution in [3.8, 4) is 5.75 Å². The van der Waals surface area contributed by atoms with E-state index in [9.17, 15) is 24.8 Å². The Morgan fingerprint density at radius 3 is 2.52 bits per heavy atom. The van der Waals surface area contributed by atoms with E-state index in [1.54, 1.807) is 0 Å². The molecule has 1 fully saturated rings. The summed E-state index contributed by atoms with van der Waals surface area (Å²) >= 11 is 0. The van der Waals surface area contributed by atoms with Crippen LogP contribution in [0.3, 0.4) is 0 Å². The van der Waals surface area contributed by atoms with E-state index < -0.39 is 22.3 Å². The van der Waals surface area contributed by atoms with Gasteiger partial charge in [-0.15, -0.1) is 0 Å². The van der Waals surface area contributed by atoms with Crippen molar-refractivity contribution in [3.05, 3.63) is 33.9 Å². The second kappa shape index (κ2) is 5.39. The van der Waals surface area contributed by atoms with Gasteiger partial charge in [0.25, 0.3) is 5.91 Å². The third-order valence-electron chi connectivity index (χ3n) is 3.61. The molecule has 8 nitrogen and oxygen atoms in total. The summed E-state index contributed by atoms with van der Waals surface area (Å²) in [7, 11) is 1.22. The molecule has 0 bridgehead atoms. The number of para-hydroxylation sites is 1. The molecular formula is C13H14N2O6. The molecule has 112 valence electrons. The number of hydrogen-bond acceptors (Lipinski definition) is 5. The molecule has 0 aliphatic heterocycles. The molecule has 2 N–H and O–H groups in total. The summed E-state index contributed by atoms with van der Waals surface area (Å²) in [6, 6.07) is 3.92. The molecule has 0 radical (unpaired) electrons. The Hall–Kier alpha value is -2.64. The fourth-order valence-corrected chi connectivity index (χ4v) is 2.27. The molecule has 1 aromatic rings. The highest BCUT2D eigenvalue weighted by atomic mass is 16.6. The number of carboxylic acids is 1. The maximum Gasteiger partial charge on any atom is 0.329 e. The minimum atomic E-state index is -1.29. The number of carbonyl (C=O) groups is 2. The van der Waals surface area contributed by atoms with Crippen molar-refractivity contribution >= 4 is 17.6 Å². The number of methoxy groups -OCH3 is 1. The molecule has 8 heteroatoms. The second-order valence-electron chi connectivity index (χ2n) is 4.81. The van der Waals surface area contributed by atoms with Crippen molar-refractivity contribution in [1.29, 1.82) is 0 Å². The number of ether oxygens (including phenoxy) is 1. The van der Waals surface area contributed by atoms with Crippen molar-refractivity contribution in [3.63, 3.8) is 0 Å². The Morgan fingerprint density at radius 1 is 1.43 bits per heavy atom.